The van der Waals surface area contributed by atoms with Gasteiger partial charge in [0.1, 0.15) is 17.2 Å². The second-order valence-corrected chi connectivity index (χ2v) is 7.04. The van der Waals surface area contributed by atoms with E-state index in [-0.39, 0.29) is 24.8 Å². The van der Waals surface area contributed by atoms with E-state index in [1.807, 2.05) is 55.5 Å². The van der Waals surface area contributed by atoms with Crippen molar-refractivity contribution in [2.75, 3.05) is 23.4 Å². The summed E-state index contributed by atoms with van der Waals surface area (Å²) in [5.41, 5.74) is 2.41. The number of anilines is 2. The molecule has 0 fully saturated rings. The van der Waals surface area contributed by atoms with Crippen LogP contribution in [0.1, 0.15) is 12.0 Å². The monoisotopic (exact) mass is 402 g/mol. The lowest BCUT2D eigenvalue weighted by atomic mass is 10.1. The zero-order valence-electron chi connectivity index (χ0n) is 16.6. The molecule has 1 N–H and O–H groups in total. The Labute approximate surface area is 175 Å². The maximum atomic E-state index is 12.4. The molecule has 1 aliphatic rings. The standard InChI is InChI=1S/C24H22N2O4/c1-17-7-12-22-21(15-17)26(24(28)16-29-22)14-13-23(27)25-18-8-10-20(11-9-18)30-19-5-3-2-4-6-19/h2-12,15H,13-14,16H2,1H3,(H,25,27). The lowest BCUT2D eigenvalue weighted by molar-refractivity contribution is -0.121. The first-order valence-corrected chi connectivity index (χ1v) is 9.75. The van der Waals surface area contributed by atoms with E-state index in [1.165, 1.54) is 0 Å². The van der Waals surface area contributed by atoms with Crippen molar-refractivity contribution in [1.82, 2.24) is 0 Å². The van der Waals surface area contributed by atoms with Gasteiger partial charge in [-0.15, -0.1) is 0 Å². The predicted octanol–water partition coefficient (Wildman–Crippen LogP) is 4.54. The first kappa shape index (κ1) is 19.5. The summed E-state index contributed by atoms with van der Waals surface area (Å²) in [6, 6.07) is 22.3. The number of hydrogen-bond acceptors (Lipinski definition) is 4. The van der Waals surface area contributed by atoms with Gasteiger partial charge in [0.05, 0.1) is 5.69 Å². The molecular weight excluding hydrogens is 380 g/mol. The molecule has 0 unspecified atom stereocenters. The Bertz CT molecular complexity index is 1050. The molecule has 30 heavy (non-hydrogen) atoms. The second-order valence-electron chi connectivity index (χ2n) is 7.04. The van der Waals surface area contributed by atoms with Crippen LogP contribution in [0.3, 0.4) is 0 Å². The highest BCUT2D eigenvalue weighted by atomic mass is 16.5. The highest BCUT2D eigenvalue weighted by Crippen LogP contribution is 2.33. The lowest BCUT2D eigenvalue weighted by Gasteiger charge is -2.29. The Kier molecular flexibility index (Phi) is 5.66. The van der Waals surface area contributed by atoms with Gasteiger partial charge in [-0.1, -0.05) is 24.3 Å². The van der Waals surface area contributed by atoms with Crippen LogP contribution in [0.4, 0.5) is 11.4 Å². The molecule has 6 nitrogen and oxygen atoms in total. The average molecular weight is 402 g/mol. The van der Waals surface area contributed by atoms with Gasteiger partial charge in [0.2, 0.25) is 5.91 Å². The van der Waals surface area contributed by atoms with E-state index in [4.69, 9.17) is 9.47 Å². The minimum absolute atomic E-state index is 0.0133. The van der Waals surface area contributed by atoms with E-state index in [2.05, 4.69) is 5.32 Å². The summed E-state index contributed by atoms with van der Waals surface area (Å²) in [4.78, 5) is 26.3. The number of benzene rings is 3. The van der Waals surface area contributed by atoms with Crippen molar-refractivity contribution >= 4 is 23.2 Å². The van der Waals surface area contributed by atoms with Gasteiger partial charge >= 0.3 is 0 Å². The fourth-order valence-corrected chi connectivity index (χ4v) is 3.23. The number of rotatable bonds is 6. The zero-order chi connectivity index (χ0) is 20.9. The van der Waals surface area contributed by atoms with Crippen molar-refractivity contribution in [1.29, 1.82) is 0 Å². The van der Waals surface area contributed by atoms with Crippen molar-refractivity contribution in [3.8, 4) is 17.2 Å². The highest BCUT2D eigenvalue weighted by molar-refractivity contribution is 5.99. The highest BCUT2D eigenvalue weighted by Gasteiger charge is 2.25. The molecule has 1 aliphatic heterocycles. The molecule has 0 saturated heterocycles. The van der Waals surface area contributed by atoms with Gasteiger partial charge in [0.25, 0.3) is 5.91 Å². The Hall–Kier alpha value is -3.80. The van der Waals surface area contributed by atoms with Crippen LogP contribution in [0.2, 0.25) is 0 Å². The number of fused-ring (bicyclic) bond motifs is 1. The molecule has 4 rings (SSSR count). The molecule has 3 aromatic rings. The van der Waals surface area contributed by atoms with Crippen LogP contribution >= 0.6 is 0 Å². The molecule has 0 aromatic heterocycles. The number of aryl methyl sites for hydroxylation is 1. The van der Waals surface area contributed by atoms with E-state index in [9.17, 15) is 9.59 Å². The first-order valence-electron chi connectivity index (χ1n) is 9.75. The fraction of sp³-hybridized carbons (Fsp3) is 0.167. The van der Waals surface area contributed by atoms with Gasteiger partial charge in [-0.25, -0.2) is 0 Å². The van der Waals surface area contributed by atoms with E-state index in [0.717, 1.165) is 11.3 Å². The molecule has 0 saturated carbocycles. The summed E-state index contributed by atoms with van der Waals surface area (Å²) in [5.74, 6) is 1.78. The first-order chi connectivity index (χ1) is 14.6. The Morgan fingerprint density at radius 1 is 1.03 bits per heavy atom. The number of hydrogen-bond donors (Lipinski definition) is 1. The zero-order valence-corrected chi connectivity index (χ0v) is 16.6. The predicted molar refractivity (Wildman–Crippen MR) is 115 cm³/mol. The Balaban J connectivity index is 1.34. The molecular formula is C24H22N2O4. The van der Waals surface area contributed by atoms with Crippen LogP contribution < -0.4 is 19.7 Å². The lowest BCUT2D eigenvalue weighted by Crippen LogP contribution is -2.40. The van der Waals surface area contributed by atoms with E-state index in [1.54, 1.807) is 29.2 Å². The van der Waals surface area contributed by atoms with Gasteiger partial charge < -0.3 is 19.7 Å². The minimum atomic E-state index is -0.166. The number of carbonyl (C=O) groups excluding carboxylic acids is 2. The fourth-order valence-electron chi connectivity index (χ4n) is 3.23. The van der Waals surface area contributed by atoms with Crippen LogP contribution in [0.25, 0.3) is 0 Å². The quantitative estimate of drug-likeness (QED) is 0.657. The van der Waals surface area contributed by atoms with E-state index in [0.29, 0.717) is 29.4 Å². The van der Waals surface area contributed by atoms with E-state index < -0.39 is 0 Å². The number of amides is 2. The van der Waals surface area contributed by atoms with Crippen LogP contribution in [-0.4, -0.2) is 25.0 Å². The number of nitrogens with zero attached hydrogens (tertiary/aromatic N) is 1. The third-order valence-corrected chi connectivity index (χ3v) is 4.74. The molecule has 0 spiro atoms. The molecule has 2 amide bonds. The maximum absolute atomic E-state index is 12.4. The van der Waals surface area contributed by atoms with Crippen molar-refractivity contribution < 1.29 is 19.1 Å². The molecule has 3 aromatic carbocycles. The third-order valence-electron chi connectivity index (χ3n) is 4.74. The van der Waals surface area contributed by atoms with Crippen molar-refractivity contribution in [2.45, 2.75) is 13.3 Å². The maximum Gasteiger partial charge on any atom is 0.265 e. The molecule has 152 valence electrons. The number of nitrogens with one attached hydrogen (secondary N) is 1. The minimum Gasteiger partial charge on any atom is -0.482 e. The summed E-state index contributed by atoms with van der Waals surface area (Å²) in [6.45, 7) is 2.23. The van der Waals surface area contributed by atoms with Gasteiger partial charge in [0, 0.05) is 18.7 Å². The molecule has 0 aliphatic carbocycles. The topological polar surface area (TPSA) is 67.9 Å². The van der Waals surface area contributed by atoms with Crippen molar-refractivity contribution in [3.05, 3.63) is 78.4 Å². The molecule has 0 bridgehead atoms. The number of para-hydroxylation sites is 1. The summed E-state index contributed by atoms with van der Waals surface area (Å²) < 4.78 is 11.2. The van der Waals surface area contributed by atoms with Crippen LogP contribution in [0, 0.1) is 6.92 Å². The molecule has 6 heteroatoms. The van der Waals surface area contributed by atoms with E-state index >= 15 is 0 Å². The molecule has 1 heterocycles. The smallest absolute Gasteiger partial charge is 0.265 e. The third kappa shape index (κ3) is 4.60. The summed E-state index contributed by atoms with van der Waals surface area (Å²) in [5, 5.41) is 2.86. The normalized spacial score (nSPS) is 12.7. The number of ether oxygens (including phenoxy) is 2. The van der Waals surface area contributed by atoms with Gasteiger partial charge in [-0.2, -0.15) is 0 Å². The van der Waals surface area contributed by atoms with Gasteiger partial charge in [-0.3, -0.25) is 9.59 Å². The molecule has 0 radical (unpaired) electrons. The van der Waals surface area contributed by atoms with Gasteiger partial charge in [-0.05, 0) is 61.0 Å². The summed E-state index contributed by atoms with van der Waals surface area (Å²) >= 11 is 0. The number of carbonyl (C=O) groups is 2. The average Bonchev–Trinajstić information content (AvgIpc) is 2.75. The van der Waals surface area contributed by atoms with Crippen LogP contribution in [0.15, 0.2) is 72.8 Å². The second kappa shape index (κ2) is 8.69. The molecule has 0 atom stereocenters. The Morgan fingerprint density at radius 3 is 2.53 bits per heavy atom. The van der Waals surface area contributed by atoms with Gasteiger partial charge in [0.15, 0.2) is 6.61 Å². The SMILES string of the molecule is Cc1ccc2c(c1)N(CCC(=O)Nc1ccc(Oc3ccccc3)cc1)C(=O)CO2. The van der Waals surface area contributed by atoms with Crippen LogP contribution in [0.5, 0.6) is 17.2 Å². The van der Waals surface area contributed by atoms with Crippen molar-refractivity contribution in [3.63, 3.8) is 0 Å². The Morgan fingerprint density at radius 2 is 1.77 bits per heavy atom. The summed E-state index contributed by atoms with van der Waals surface area (Å²) in [6.07, 6.45) is 0.182. The summed E-state index contributed by atoms with van der Waals surface area (Å²) in [7, 11) is 0. The van der Waals surface area contributed by atoms with Crippen LogP contribution in [-0.2, 0) is 9.59 Å². The van der Waals surface area contributed by atoms with Crippen molar-refractivity contribution in [2.24, 2.45) is 0 Å². The largest absolute Gasteiger partial charge is 0.482 e.